The number of aliphatic hydroxyl groups excluding tert-OH is 1. The summed E-state index contributed by atoms with van der Waals surface area (Å²) in [6, 6.07) is 7.05. The second kappa shape index (κ2) is 5.80. The fraction of sp³-hybridized carbons (Fsp3) is 0.273. The summed E-state index contributed by atoms with van der Waals surface area (Å²) in [4.78, 5) is 0. The lowest BCUT2D eigenvalue weighted by Crippen LogP contribution is -2.32. The van der Waals surface area contributed by atoms with Crippen LogP contribution in [-0.4, -0.2) is 31.5 Å². The molecule has 0 saturated carbocycles. The summed E-state index contributed by atoms with van der Waals surface area (Å²) < 4.78 is 23.1. The number of aliphatic hydroxyl groups is 1. The predicted molar refractivity (Wildman–Crippen MR) is 65.0 cm³/mol. The van der Waals surface area contributed by atoms with Gasteiger partial charge in [-0.3, -0.25) is 0 Å². The first-order valence-corrected chi connectivity index (χ1v) is 6.36. The van der Waals surface area contributed by atoms with Gasteiger partial charge in [-0.15, -0.1) is 0 Å². The van der Waals surface area contributed by atoms with Crippen molar-refractivity contribution in [3.05, 3.63) is 35.4 Å². The molecule has 0 aromatic heterocycles. The molecular weight excluding hydrogens is 240 g/mol. The van der Waals surface area contributed by atoms with Crippen LogP contribution < -0.4 is 5.14 Å². The molecule has 1 aromatic carbocycles. The lowest BCUT2D eigenvalue weighted by molar-refractivity contribution is 0.350. The van der Waals surface area contributed by atoms with Crippen molar-refractivity contribution in [1.82, 2.24) is 4.31 Å². The van der Waals surface area contributed by atoms with Gasteiger partial charge >= 0.3 is 0 Å². The van der Waals surface area contributed by atoms with Gasteiger partial charge in [0.2, 0.25) is 0 Å². The van der Waals surface area contributed by atoms with Crippen molar-refractivity contribution in [2.45, 2.75) is 6.54 Å². The average Bonchev–Trinajstić information content (AvgIpc) is 2.27. The molecular formula is C11H14N2O3S. The van der Waals surface area contributed by atoms with E-state index in [1.807, 2.05) is 0 Å². The van der Waals surface area contributed by atoms with Crippen LogP contribution in [0.15, 0.2) is 24.3 Å². The predicted octanol–water partition coefficient (Wildman–Crippen LogP) is -0.334. The monoisotopic (exact) mass is 254 g/mol. The summed E-state index contributed by atoms with van der Waals surface area (Å²) in [5, 5.41) is 13.5. The van der Waals surface area contributed by atoms with Gasteiger partial charge in [0.05, 0.1) is 0 Å². The van der Waals surface area contributed by atoms with Gasteiger partial charge in [0.25, 0.3) is 10.2 Å². The zero-order chi connectivity index (χ0) is 12.9. The summed E-state index contributed by atoms with van der Waals surface area (Å²) in [6.07, 6.45) is 0. The standard InChI is InChI=1S/C11H14N2O3S/c1-13(17(12,15)16)9-11-6-4-10(5-7-11)3-2-8-14/h4-7,14H,8-9H2,1H3,(H2,12,15,16). The maximum Gasteiger partial charge on any atom is 0.276 e. The summed E-state index contributed by atoms with van der Waals surface area (Å²) in [5.41, 5.74) is 1.58. The summed E-state index contributed by atoms with van der Waals surface area (Å²) in [5.74, 6) is 5.28. The molecule has 3 N–H and O–H groups in total. The zero-order valence-electron chi connectivity index (χ0n) is 9.42. The van der Waals surface area contributed by atoms with Gasteiger partial charge in [-0.1, -0.05) is 24.0 Å². The molecule has 0 amide bonds. The lowest BCUT2D eigenvalue weighted by Gasteiger charge is -2.13. The highest BCUT2D eigenvalue weighted by Gasteiger charge is 2.11. The maximum atomic E-state index is 11.0. The van der Waals surface area contributed by atoms with E-state index >= 15 is 0 Å². The Morgan fingerprint density at radius 1 is 1.35 bits per heavy atom. The molecule has 1 rings (SSSR count). The summed E-state index contributed by atoms with van der Waals surface area (Å²) in [7, 11) is -2.24. The first kappa shape index (κ1) is 13.7. The number of rotatable bonds is 3. The molecule has 0 bridgehead atoms. The van der Waals surface area contributed by atoms with Crippen molar-refractivity contribution in [2.24, 2.45) is 5.14 Å². The Labute approximate surface area is 101 Å². The molecule has 0 aliphatic rings. The molecule has 6 heteroatoms. The van der Waals surface area contributed by atoms with Crippen molar-refractivity contribution in [3.8, 4) is 11.8 Å². The fourth-order valence-corrected chi connectivity index (χ4v) is 1.51. The van der Waals surface area contributed by atoms with Crippen LogP contribution in [0.2, 0.25) is 0 Å². The minimum Gasteiger partial charge on any atom is -0.384 e. The third-order valence-corrected chi connectivity index (χ3v) is 3.10. The number of nitrogens with zero attached hydrogens (tertiary/aromatic N) is 1. The van der Waals surface area contributed by atoms with E-state index in [4.69, 9.17) is 10.2 Å². The average molecular weight is 254 g/mol. The van der Waals surface area contributed by atoms with E-state index in [1.165, 1.54) is 7.05 Å². The highest BCUT2D eigenvalue weighted by Crippen LogP contribution is 2.07. The van der Waals surface area contributed by atoms with Gasteiger partial charge in [-0.25, -0.2) is 5.14 Å². The topological polar surface area (TPSA) is 83.6 Å². The summed E-state index contributed by atoms with van der Waals surface area (Å²) >= 11 is 0. The molecule has 0 aliphatic carbocycles. The number of nitrogens with two attached hydrogens (primary N) is 1. The molecule has 0 fully saturated rings. The van der Waals surface area contributed by atoms with Crippen LogP contribution >= 0.6 is 0 Å². The van der Waals surface area contributed by atoms with Crippen LogP contribution in [-0.2, 0) is 16.8 Å². The zero-order valence-corrected chi connectivity index (χ0v) is 10.2. The van der Waals surface area contributed by atoms with Crippen LogP contribution in [0.4, 0.5) is 0 Å². The third-order valence-electron chi connectivity index (χ3n) is 2.11. The van der Waals surface area contributed by atoms with E-state index in [0.717, 1.165) is 15.4 Å². The third kappa shape index (κ3) is 4.54. The SMILES string of the molecule is CN(Cc1ccc(C#CCO)cc1)S(N)(=O)=O. The molecule has 0 radical (unpaired) electrons. The van der Waals surface area contributed by atoms with Crippen molar-refractivity contribution in [2.75, 3.05) is 13.7 Å². The largest absolute Gasteiger partial charge is 0.384 e. The van der Waals surface area contributed by atoms with E-state index in [0.29, 0.717) is 0 Å². The highest BCUT2D eigenvalue weighted by atomic mass is 32.2. The van der Waals surface area contributed by atoms with Crippen LogP contribution in [0.5, 0.6) is 0 Å². The van der Waals surface area contributed by atoms with Gasteiger partial charge in [0.1, 0.15) is 6.61 Å². The molecule has 0 unspecified atom stereocenters. The quantitative estimate of drug-likeness (QED) is 0.724. The molecule has 1 aromatic rings. The number of hydrogen-bond donors (Lipinski definition) is 2. The molecule has 92 valence electrons. The van der Waals surface area contributed by atoms with E-state index in [-0.39, 0.29) is 13.2 Å². The van der Waals surface area contributed by atoms with Crippen LogP contribution in [0.25, 0.3) is 0 Å². The van der Waals surface area contributed by atoms with E-state index in [9.17, 15) is 8.42 Å². The van der Waals surface area contributed by atoms with Gasteiger partial charge in [-0.2, -0.15) is 12.7 Å². The Kier molecular flexibility index (Phi) is 4.66. The van der Waals surface area contributed by atoms with Gasteiger partial charge in [0.15, 0.2) is 0 Å². The second-order valence-corrected chi connectivity index (χ2v) is 5.11. The Hall–Kier alpha value is -1.39. The molecule has 17 heavy (non-hydrogen) atoms. The fourth-order valence-electron chi connectivity index (χ4n) is 1.18. The Morgan fingerprint density at radius 3 is 2.41 bits per heavy atom. The van der Waals surface area contributed by atoms with Crippen molar-refractivity contribution >= 4 is 10.2 Å². The van der Waals surface area contributed by atoms with Crippen LogP contribution in [0.3, 0.4) is 0 Å². The minimum absolute atomic E-state index is 0.185. The normalized spacial score (nSPS) is 11.1. The Balaban J connectivity index is 2.75. The Morgan fingerprint density at radius 2 is 1.94 bits per heavy atom. The van der Waals surface area contributed by atoms with E-state index in [2.05, 4.69) is 11.8 Å². The Bertz CT molecular complexity index is 526. The maximum absolute atomic E-state index is 11.0. The molecule has 0 atom stereocenters. The summed E-state index contributed by atoms with van der Waals surface area (Å²) in [6.45, 7) is 0.0302. The van der Waals surface area contributed by atoms with Crippen LogP contribution in [0.1, 0.15) is 11.1 Å². The highest BCUT2D eigenvalue weighted by molar-refractivity contribution is 7.86. The van der Waals surface area contributed by atoms with Crippen molar-refractivity contribution < 1.29 is 13.5 Å². The molecule has 0 aliphatic heterocycles. The first-order valence-electron chi connectivity index (χ1n) is 4.86. The lowest BCUT2D eigenvalue weighted by atomic mass is 10.1. The minimum atomic E-state index is -3.65. The van der Waals surface area contributed by atoms with Crippen LogP contribution in [0, 0.1) is 11.8 Å². The smallest absolute Gasteiger partial charge is 0.276 e. The molecule has 5 nitrogen and oxygen atoms in total. The first-order chi connectivity index (χ1) is 7.93. The van der Waals surface area contributed by atoms with Gasteiger partial charge < -0.3 is 5.11 Å². The molecule has 0 spiro atoms. The van der Waals surface area contributed by atoms with Gasteiger partial charge in [0, 0.05) is 19.2 Å². The molecule has 0 heterocycles. The number of hydrogen-bond acceptors (Lipinski definition) is 3. The van der Waals surface area contributed by atoms with Gasteiger partial charge in [-0.05, 0) is 17.7 Å². The van der Waals surface area contributed by atoms with Crippen molar-refractivity contribution in [1.29, 1.82) is 0 Å². The van der Waals surface area contributed by atoms with Crippen molar-refractivity contribution in [3.63, 3.8) is 0 Å². The van der Waals surface area contributed by atoms with E-state index in [1.54, 1.807) is 24.3 Å². The second-order valence-electron chi connectivity index (χ2n) is 3.46. The molecule has 0 saturated heterocycles. The van der Waals surface area contributed by atoms with E-state index < -0.39 is 10.2 Å². The number of benzene rings is 1.